The van der Waals surface area contributed by atoms with E-state index in [1.54, 1.807) is 0 Å². The van der Waals surface area contributed by atoms with Crippen molar-refractivity contribution in [2.24, 2.45) is 0 Å². The number of halogens is 3. The van der Waals surface area contributed by atoms with Crippen LogP contribution in [-0.4, -0.2) is 59.8 Å². The van der Waals surface area contributed by atoms with Gasteiger partial charge in [-0.25, -0.2) is 4.79 Å². The first-order valence-corrected chi connectivity index (χ1v) is 6.66. The van der Waals surface area contributed by atoms with Crippen molar-refractivity contribution in [3.8, 4) is 0 Å². The minimum absolute atomic E-state index is 0.162. The predicted octanol–water partition coefficient (Wildman–Crippen LogP) is 1.19. The van der Waals surface area contributed by atoms with Gasteiger partial charge in [-0.1, -0.05) is 0 Å². The number of likely N-dealkylation sites (N-methyl/N-ethyl adjacent to an activating group) is 1. The summed E-state index contributed by atoms with van der Waals surface area (Å²) in [4.78, 5) is 27.3. The fourth-order valence-corrected chi connectivity index (χ4v) is 2.09. The Morgan fingerprint density at radius 3 is 2.59 bits per heavy atom. The molecule has 2 rings (SSSR count). The number of likely N-dealkylation sites (tertiary alicyclic amines) is 1. The molecule has 0 unspecified atom stereocenters. The third kappa shape index (κ3) is 3.79. The van der Waals surface area contributed by atoms with Gasteiger partial charge in [0.05, 0.1) is 0 Å². The van der Waals surface area contributed by atoms with Crippen molar-refractivity contribution in [2.45, 2.75) is 18.8 Å². The lowest BCUT2D eigenvalue weighted by molar-refractivity contribution is -0.141. The molecule has 1 aromatic heterocycles. The Morgan fingerprint density at radius 2 is 2.05 bits per heavy atom. The van der Waals surface area contributed by atoms with E-state index < -0.39 is 24.3 Å². The predicted molar refractivity (Wildman–Crippen MR) is 74.8 cm³/mol. The van der Waals surface area contributed by atoms with Crippen LogP contribution in [0.2, 0.25) is 0 Å². The quantitative estimate of drug-likeness (QED) is 0.911. The van der Waals surface area contributed by atoms with E-state index in [0.29, 0.717) is 17.7 Å². The lowest BCUT2D eigenvalue weighted by Crippen LogP contribution is -2.60. The van der Waals surface area contributed by atoms with Gasteiger partial charge in [-0.3, -0.25) is 4.79 Å². The fourth-order valence-electron chi connectivity index (χ4n) is 2.09. The van der Waals surface area contributed by atoms with Crippen LogP contribution in [-0.2, 0) is 6.54 Å². The number of alkyl halides is 3. The van der Waals surface area contributed by atoms with E-state index >= 15 is 0 Å². The van der Waals surface area contributed by atoms with Gasteiger partial charge < -0.3 is 19.7 Å². The molecule has 1 fully saturated rings. The van der Waals surface area contributed by atoms with Crippen LogP contribution in [0.25, 0.3) is 0 Å². The number of pyridine rings is 1. The molecule has 0 aliphatic carbocycles. The first-order valence-electron chi connectivity index (χ1n) is 6.66. The number of amides is 2. The lowest BCUT2D eigenvalue weighted by Gasteiger charge is -2.42. The van der Waals surface area contributed by atoms with E-state index in [9.17, 15) is 22.8 Å². The molecule has 2 heterocycles. The molecule has 9 heteroatoms. The Bertz CT molecular complexity index is 606. The molecule has 0 bridgehead atoms. The van der Waals surface area contributed by atoms with E-state index in [0.717, 1.165) is 6.20 Å². The van der Waals surface area contributed by atoms with E-state index in [-0.39, 0.29) is 11.7 Å². The Morgan fingerprint density at radius 1 is 1.41 bits per heavy atom. The van der Waals surface area contributed by atoms with E-state index in [2.05, 4.69) is 5.32 Å². The van der Waals surface area contributed by atoms with Crippen LogP contribution in [0.3, 0.4) is 0 Å². The second-order valence-corrected chi connectivity index (χ2v) is 5.42. The van der Waals surface area contributed by atoms with Gasteiger partial charge in [0.1, 0.15) is 12.2 Å². The van der Waals surface area contributed by atoms with Crippen LogP contribution >= 0.6 is 0 Å². The molecule has 0 spiro atoms. The highest BCUT2D eigenvalue weighted by Gasteiger charge is 2.32. The molecule has 0 aromatic carbocycles. The van der Waals surface area contributed by atoms with E-state index in [1.165, 1.54) is 17.0 Å². The van der Waals surface area contributed by atoms with Crippen LogP contribution in [0.5, 0.6) is 0 Å². The standard InChI is InChI=1S/C13H17F3N4O2/c1-18(2)9-6-20(7-9)12(22)17-10-4-3-5-19(11(10)21)8-13(14,15)16/h3-5,9H,6-8H2,1-2H3,(H,17,22). The Hall–Kier alpha value is -2.03. The molecule has 1 saturated heterocycles. The second-order valence-electron chi connectivity index (χ2n) is 5.42. The van der Waals surface area contributed by atoms with Gasteiger partial charge in [0.25, 0.3) is 5.56 Å². The fraction of sp³-hybridized carbons (Fsp3) is 0.538. The summed E-state index contributed by atoms with van der Waals surface area (Å²) >= 11 is 0. The number of anilines is 1. The zero-order valence-electron chi connectivity index (χ0n) is 12.2. The number of rotatable bonds is 3. The highest BCUT2D eigenvalue weighted by atomic mass is 19.4. The van der Waals surface area contributed by atoms with Crippen LogP contribution in [0.4, 0.5) is 23.7 Å². The number of hydrogen-bond acceptors (Lipinski definition) is 3. The van der Waals surface area contributed by atoms with Gasteiger partial charge in [0.15, 0.2) is 0 Å². The summed E-state index contributed by atoms with van der Waals surface area (Å²) in [6, 6.07) is 2.35. The molecule has 6 nitrogen and oxygen atoms in total. The van der Waals surface area contributed by atoms with Gasteiger partial charge in [-0.2, -0.15) is 13.2 Å². The molecule has 1 aliphatic heterocycles. The zero-order valence-corrected chi connectivity index (χ0v) is 12.2. The van der Waals surface area contributed by atoms with Gasteiger partial charge in [0.2, 0.25) is 0 Å². The maximum absolute atomic E-state index is 12.4. The van der Waals surface area contributed by atoms with Crippen LogP contribution in [0.1, 0.15) is 0 Å². The largest absolute Gasteiger partial charge is 0.406 e. The van der Waals surface area contributed by atoms with Crippen molar-refractivity contribution in [3.63, 3.8) is 0 Å². The number of nitrogens with one attached hydrogen (secondary N) is 1. The first kappa shape index (κ1) is 16.3. The Balaban J connectivity index is 2.03. The third-order valence-corrected chi connectivity index (χ3v) is 3.49. The number of carbonyl (C=O) groups excluding carboxylic acids is 1. The minimum Gasteiger partial charge on any atom is -0.321 e. The topological polar surface area (TPSA) is 57.6 Å². The summed E-state index contributed by atoms with van der Waals surface area (Å²) in [6.07, 6.45) is -3.46. The van der Waals surface area contributed by atoms with Gasteiger partial charge in [0, 0.05) is 25.3 Å². The molecular formula is C13H17F3N4O2. The second kappa shape index (κ2) is 5.99. The molecule has 22 heavy (non-hydrogen) atoms. The van der Waals surface area contributed by atoms with Gasteiger partial charge >= 0.3 is 12.2 Å². The smallest absolute Gasteiger partial charge is 0.321 e. The molecule has 1 aromatic rings. The number of urea groups is 1. The molecule has 0 atom stereocenters. The normalized spacial score (nSPS) is 15.8. The number of aromatic nitrogens is 1. The van der Waals surface area contributed by atoms with E-state index in [4.69, 9.17) is 0 Å². The highest BCUT2D eigenvalue weighted by Crippen LogP contribution is 2.17. The minimum atomic E-state index is -4.50. The van der Waals surface area contributed by atoms with Crippen LogP contribution in [0.15, 0.2) is 23.1 Å². The van der Waals surface area contributed by atoms with Crippen LogP contribution < -0.4 is 10.9 Å². The third-order valence-electron chi connectivity index (χ3n) is 3.49. The summed E-state index contributed by atoms with van der Waals surface area (Å²) in [5, 5.41) is 2.37. The Labute approximate surface area is 125 Å². The lowest BCUT2D eigenvalue weighted by atomic mass is 10.1. The summed E-state index contributed by atoms with van der Waals surface area (Å²) in [7, 11) is 3.79. The summed E-state index contributed by atoms with van der Waals surface area (Å²) in [5.41, 5.74) is -1.04. The zero-order chi connectivity index (χ0) is 16.5. The van der Waals surface area contributed by atoms with Gasteiger partial charge in [-0.15, -0.1) is 0 Å². The van der Waals surface area contributed by atoms with E-state index in [1.807, 2.05) is 19.0 Å². The Kier molecular flexibility index (Phi) is 4.45. The number of hydrogen-bond donors (Lipinski definition) is 1. The summed E-state index contributed by atoms with van der Waals surface area (Å²) in [5.74, 6) is 0. The van der Waals surface area contributed by atoms with Crippen molar-refractivity contribution in [1.29, 1.82) is 0 Å². The first-order chi connectivity index (χ1) is 10.2. The SMILES string of the molecule is CN(C)C1CN(C(=O)Nc2cccn(CC(F)(F)F)c2=O)C1. The molecule has 122 valence electrons. The van der Waals surface area contributed by atoms with Crippen molar-refractivity contribution in [3.05, 3.63) is 28.7 Å². The molecule has 1 aliphatic rings. The molecular weight excluding hydrogens is 301 g/mol. The maximum atomic E-state index is 12.4. The maximum Gasteiger partial charge on any atom is 0.406 e. The summed E-state index contributed by atoms with van der Waals surface area (Å²) < 4.78 is 37.6. The molecule has 2 amide bonds. The van der Waals surface area contributed by atoms with Crippen LogP contribution in [0, 0.1) is 0 Å². The van der Waals surface area contributed by atoms with Crippen molar-refractivity contribution in [2.75, 3.05) is 32.5 Å². The average Bonchev–Trinajstić information content (AvgIpc) is 2.30. The van der Waals surface area contributed by atoms with Gasteiger partial charge in [-0.05, 0) is 26.2 Å². The molecule has 0 saturated carbocycles. The molecule has 0 radical (unpaired) electrons. The number of nitrogens with zero attached hydrogens (tertiary/aromatic N) is 3. The summed E-state index contributed by atoms with van der Waals surface area (Å²) in [6.45, 7) is -0.354. The van der Waals surface area contributed by atoms with Crippen molar-refractivity contribution in [1.82, 2.24) is 14.4 Å². The average molecular weight is 318 g/mol. The number of carbonyl (C=O) groups is 1. The highest BCUT2D eigenvalue weighted by molar-refractivity contribution is 5.89. The van der Waals surface area contributed by atoms with Crippen molar-refractivity contribution < 1.29 is 18.0 Å². The molecule has 1 N–H and O–H groups in total. The van der Waals surface area contributed by atoms with Crippen molar-refractivity contribution >= 4 is 11.7 Å². The monoisotopic (exact) mass is 318 g/mol.